The zero-order valence-electron chi connectivity index (χ0n) is 15.7. The number of nitrogens with zero attached hydrogens (tertiary/aromatic N) is 1. The molecule has 4 heteroatoms. The number of anilines is 1. The number of carbonyl (C=O) groups excluding carboxylic acids is 2. The van der Waals surface area contributed by atoms with Gasteiger partial charge in [0.05, 0.1) is 0 Å². The van der Waals surface area contributed by atoms with E-state index in [9.17, 15) is 9.59 Å². The van der Waals surface area contributed by atoms with Crippen LogP contribution in [0.1, 0.15) is 30.6 Å². The number of para-hydroxylation sites is 1. The Morgan fingerprint density at radius 3 is 2.30 bits per heavy atom. The van der Waals surface area contributed by atoms with Crippen molar-refractivity contribution >= 4 is 28.3 Å². The van der Waals surface area contributed by atoms with Crippen molar-refractivity contribution in [1.29, 1.82) is 0 Å². The van der Waals surface area contributed by atoms with E-state index >= 15 is 0 Å². The molecule has 138 valence electrons. The smallest absolute Gasteiger partial charge is 0.254 e. The zero-order chi connectivity index (χ0) is 19.2. The van der Waals surface area contributed by atoms with Crippen LogP contribution in [0.4, 0.5) is 5.69 Å². The Morgan fingerprint density at radius 2 is 1.59 bits per heavy atom. The Morgan fingerprint density at radius 1 is 0.926 bits per heavy atom. The third kappa shape index (κ3) is 4.34. The highest BCUT2D eigenvalue weighted by atomic mass is 16.2. The Labute approximate surface area is 159 Å². The lowest BCUT2D eigenvalue weighted by atomic mass is 10.1. The third-order valence-corrected chi connectivity index (χ3v) is 4.61. The van der Waals surface area contributed by atoms with E-state index in [0.717, 1.165) is 22.9 Å². The largest absolute Gasteiger partial charge is 0.327 e. The first-order valence-corrected chi connectivity index (χ1v) is 9.26. The highest BCUT2D eigenvalue weighted by Crippen LogP contribution is 2.18. The second-order valence-electron chi connectivity index (χ2n) is 6.59. The maximum Gasteiger partial charge on any atom is 0.254 e. The van der Waals surface area contributed by atoms with E-state index in [2.05, 4.69) is 5.32 Å². The number of carbonyl (C=O) groups is 2. The van der Waals surface area contributed by atoms with Gasteiger partial charge < -0.3 is 10.2 Å². The maximum absolute atomic E-state index is 13.1. The Hall–Kier alpha value is -3.14. The summed E-state index contributed by atoms with van der Waals surface area (Å²) in [5, 5.41) is 4.99. The van der Waals surface area contributed by atoms with Crippen LogP contribution in [-0.2, 0) is 4.79 Å². The van der Waals surface area contributed by atoms with Gasteiger partial charge in [-0.05, 0) is 48.4 Å². The van der Waals surface area contributed by atoms with Gasteiger partial charge in [0.2, 0.25) is 5.91 Å². The lowest BCUT2D eigenvalue weighted by molar-refractivity contribution is -0.120. The summed E-state index contributed by atoms with van der Waals surface area (Å²) in [4.78, 5) is 27.4. The summed E-state index contributed by atoms with van der Waals surface area (Å²) in [5.41, 5.74) is 1.32. The number of rotatable bonds is 6. The van der Waals surface area contributed by atoms with Crippen molar-refractivity contribution in [1.82, 2.24) is 4.90 Å². The summed E-state index contributed by atoms with van der Waals surface area (Å²) in [6.45, 7) is 4.30. The van der Waals surface area contributed by atoms with Crippen molar-refractivity contribution in [3.63, 3.8) is 0 Å². The first kappa shape index (κ1) is 18.6. The molecule has 3 aromatic carbocycles. The second kappa shape index (κ2) is 8.49. The molecule has 0 unspecified atom stereocenters. The van der Waals surface area contributed by atoms with Crippen molar-refractivity contribution in [3.8, 4) is 0 Å². The Balaban J connectivity index is 1.82. The molecule has 27 heavy (non-hydrogen) atoms. The molecule has 1 N–H and O–H groups in total. The lowest BCUT2D eigenvalue weighted by Gasteiger charge is -2.28. The average molecular weight is 360 g/mol. The molecule has 0 aliphatic carbocycles. The molecule has 0 bridgehead atoms. The molecular formula is C23H24N2O2. The number of fused-ring (bicyclic) bond motifs is 1. The number of amides is 2. The summed E-state index contributed by atoms with van der Waals surface area (Å²) >= 11 is 0. The van der Waals surface area contributed by atoms with E-state index in [1.807, 2.05) is 79.7 Å². The van der Waals surface area contributed by atoms with Crippen LogP contribution in [-0.4, -0.2) is 29.3 Å². The zero-order valence-corrected chi connectivity index (χ0v) is 15.7. The van der Waals surface area contributed by atoms with E-state index in [1.54, 1.807) is 11.8 Å². The summed E-state index contributed by atoms with van der Waals surface area (Å²) in [5.74, 6) is -0.317. The number of hydrogen-bond acceptors (Lipinski definition) is 2. The van der Waals surface area contributed by atoms with Crippen LogP contribution in [0.3, 0.4) is 0 Å². The van der Waals surface area contributed by atoms with Gasteiger partial charge in [-0.1, -0.05) is 55.5 Å². The molecule has 4 nitrogen and oxygen atoms in total. The van der Waals surface area contributed by atoms with Crippen LogP contribution in [0.25, 0.3) is 10.8 Å². The minimum atomic E-state index is -0.566. The topological polar surface area (TPSA) is 49.4 Å². The summed E-state index contributed by atoms with van der Waals surface area (Å²) < 4.78 is 0. The quantitative estimate of drug-likeness (QED) is 0.691. The average Bonchev–Trinajstić information content (AvgIpc) is 2.71. The van der Waals surface area contributed by atoms with Crippen LogP contribution in [0.5, 0.6) is 0 Å². The molecule has 0 radical (unpaired) electrons. The standard InChI is InChI=1S/C23H24N2O2/c1-3-15-25(17(2)22(26)24-21-11-5-4-6-12-21)23(27)20-14-13-18-9-7-8-10-19(18)16-20/h4-14,16-17H,3,15H2,1-2H3,(H,24,26)/t17-/m1/s1. The fourth-order valence-electron chi connectivity index (χ4n) is 3.11. The second-order valence-corrected chi connectivity index (χ2v) is 6.59. The number of nitrogens with one attached hydrogen (secondary N) is 1. The molecular weight excluding hydrogens is 336 g/mol. The lowest BCUT2D eigenvalue weighted by Crippen LogP contribution is -2.46. The van der Waals surface area contributed by atoms with E-state index < -0.39 is 6.04 Å². The molecule has 0 saturated heterocycles. The van der Waals surface area contributed by atoms with E-state index in [-0.39, 0.29) is 11.8 Å². The molecule has 0 saturated carbocycles. The molecule has 1 atom stereocenters. The van der Waals surface area contributed by atoms with E-state index in [1.165, 1.54) is 0 Å². The monoisotopic (exact) mass is 360 g/mol. The van der Waals surface area contributed by atoms with Crippen molar-refractivity contribution in [2.75, 3.05) is 11.9 Å². The molecule has 0 fully saturated rings. The van der Waals surface area contributed by atoms with E-state index in [0.29, 0.717) is 12.1 Å². The van der Waals surface area contributed by atoms with Crippen LogP contribution in [0, 0.1) is 0 Å². The van der Waals surface area contributed by atoms with Crippen molar-refractivity contribution < 1.29 is 9.59 Å². The van der Waals surface area contributed by atoms with Gasteiger partial charge in [0.15, 0.2) is 0 Å². The molecule has 0 aromatic heterocycles. The first-order valence-electron chi connectivity index (χ1n) is 9.26. The third-order valence-electron chi connectivity index (χ3n) is 4.61. The molecule has 2 amide bonds. The first-order chi connectivity index (χ1) is 13.1. The predicted molar refractivity (Wildman–Crippen MR) is 110 cm³/mol. The van der Waals surface area contributed by atoms with Gasteiger partial charge >= 0.3 is 0 Å². The molecule has 0 heterocycles. The fraction of sp³-hybridized carbons (Fsp3) is 0.217. The van der Waals surface area contributed by atoms with Gasteiger partial charge in [-0.15, -0.1) is 0 Å². The molecule has 0 spiro atoms. The number of hydrogen-bond donors (Lipinski definition) is 1. The van der Waals surface area contributed by atoms with Gasteiger partial charge in [0.25, 0.3) is 5.91 Å². The van der Waals surface area contributed by atoms with Crippen molar-refractivity contribution in [3.05, 3.63) is 78.4 Å². The van der Waals surface area contributed by atoms with Crippen LogP contribution in [0.2, 0.25) is 0 Å². The SMILES string of the molecule is CCCN(C(=O)c1ccc2ccccc2c1)[C@H](C)C(=O)Nc1ccccc1. The molecule has 0 aliphatic rings. The van der Waals surface area contributed by atoms with E-state index in [4.69, 9.17) is 0 Å². The highest BCUT2D eigenvalue weighted by molar-refractivity contribution is 6.02. The van der Waals surface area contributed by atoms with Gasteiger partial charge in [-0.3, -0.25) is 9.59 Å². The minimum Gasteiger partial charge on any atom is -0.327 e. The Kier molecular flexibility index (Phi) is 5.87. The Bertz CT molecular complexity index is 937. The van der Waals surface area contributed by atoms with Crippen LogP contribution < -0.4 is 5.32 Å². The van der Waals surface area contributed by atoms with Gasteiger partial charge in [0.1, 0.15) is 6.04 Å². The normalized spacial score (nSPS) is 11.8. The summed E-state index contributed by atoms with van der Waals surface area (Å²) in [6, 6.07) is 22.3. The van der Waals surface area contributed by atoms with Crippen LogP contribution in [0.15, 0.2) is 72.8 Å². The van der Waals surface area contributed by atoms with Gasteiger partial charge in [-0.2, -0.15) is 0 Å². The van der Waals surface area contributed by atoms with Crippen LogP contribution >= 0.6 is 0 Å². The number of benzene rings is 3. The molecule has 3 rings (SSSR count). The van der Waals surface area contributed by atoms with Crippen molar-refractivity contribution in [2.45, 2.75) is 26.3 Å². The van der Waals surface area contributed by atoms with Gasteiger partial charge in [-0.25, -0.2) is 0 Å². The predicted octanol–water partition coefficient (Wildman–Crippen LogP) is 4.72. The fourth-order valence-corrected chi connectivity index (χ4v) is 3.11. The van der Waals surface area contributed by atoms with Crippen molar-refractivity contribution in [2.24, 2.45) is 0 Å². The summed E-state index contributed by atoms with van der Waals surface area (Å²) in [7, 11) is 0. The minimum absolute atomic E-state index is 0.127. The van der Waals surface area contributed by atoms with Gasteiger partial charge in [0, 0.05) is 17.8 Å². The summed E-state index contributed by atoms with van der Waals surface area (Å²) in [6.07, 6.45) is 0.780. The maximum atomic E-state index is 13.1. The molecule has 0 aliphatic heterocycles. The molecule has 3 aromatic rings. The highest BCUT2D eigenvalue weighted by Gasteiger charge is 2.26.